The number of aliphatic hydroxyl groups is 1. The molecule has 1 aromatic carbocycles. The molecule has 10 heteroatoms. The van der Waals surface area contributed by atoms with Gasteiger partial charge >= 0.3 is 6.18 Å². The van der Waals surface area contributed by atoms with Crippen LogP contribution in [0.4, 0.5) is 17.6 Å². The van der Waals surface area contributed by atoms with Gasteiger partial charge in [0, 0.05) is 23.9 Å². The van der Waals surface area contributed by atoms with Crippen molar-refractivity contribution in [1.29, 1.82) is 0 Å². The highest BCUT2D eigenvalue weighted by Crippen LogP contribution is 2.37. The second-order valence-corrected chi connectivity index (χ2v) is 8.40. The number of hydrogen-bond donors (Lipinski definition) is 1. The van der Waals surface area contributed by atoms with Gasteiger partial charge in [0.2, 0.25) is 0 Å². The molecule has 0 aliphatic heterocycles. The maximum absolute atomic E-state index is 14.1. The zero-order valence-corrected chi connectivity index (χ0v) is 18.8. The van der Waals surface area contributed by atoms with Gasteiger partial charge in [0.15, 0.2) is 11.6 Å². The van der Waals surface area contributed by atoms with E-state index in [0.717, 1.165) is 17.3 Å². The van der Waals surface area contributed by atoms with E-state index < -0.39 is 17.6 Å². The van der Waals surface area contributed by atoms with E-state index in [4.69, 9.17) is 4.84 Å². The average Bonchev–Trinajstić information content (AvgIpc) is 2.76. The van der Waals surface area contributed by atoms with Crippen LogP contribution in [0.5, 0.6) is 0 Å². The minimum Gasteiger partial charge on any atom is -0.511 e. The summed E-state index contributed by atoms with van der Waals surface area (Å²) < 4.78 is 52.1. The number of benzene rings is 1. The fourth-order valence-electron chi connectivity index (χ4n) is 3.46. The molecule has 1 aromatic heterocycles. The van der Waals surface area contributed by atoms with Gasteiger partial charge in [-0.2, -0.15) is 13.2 Å². The third-order valence-corrected chi connectivity index (χ3v) is 6.07. The van der Waals surface area contributed by atoms with Crippen molar-refractivity contribution < 1.29 is 32.3 Å². The molecule has 176 valence electrons. The predicted octanol–water partition coefficient (Wildman–Crippen LogP) is 6.45. The molecule has 0 amide bonds. The lowest BCUT2D eigenvalue weighted by molar-refractivity contribution is -0.138. The summed E-state index contributed by atoms with van der Waals surface area (Å²) in [5.41, 5.74) is 0.277. The number of allylic oxidation sites excluding steroid dienone is 2. The number of nitrogens with zero attached hydrogens (tertiary/aromatic N) is 2. The van der Waals surface area contributed by atoms with E-state index in [-0.39, 0.29) is 40.9 Å². The van der Waals surface area contributed by atoms with Crippen LogP contribution in [0, 0.1) is 5.82 Å². The number of hydrogen-bond acceptors (Lipinski definition) is 6. The van der Waals surface area contributed by atoms with Crippen LogP contribution in [0.1, 0.15) is 50.2 Å². The predicted molar refractivity (Wildman–Crippen MR) is 116 cm³/mol. The minimum absolute atomic E-state index is 0.0361. The summed E-state index contributed by atoms with van der Waals surface area (Å²) in [7, 11) is 0. The normalized spacial score (nSPS) is 17.5. The molecule has 2 aromatic rings. The molecule has 33 heavy (non-hydrogen) atoms. The largest absolute Gasteiger partial charge is 0.511 e. The average molecular weight is 482 g/mol. The standard InChI is InChI=1S/C23H22F4N2O3S/c1-3-18(29-32-4-2)21-19(30)9-14(10-20(21)31)13-5-7-16(8-6-13)33-22-17(24)11-15(12-28-22)23(25,26)27/h5-8,11-12,14,30H,3-4,9-10H2,1-2H3. The zero-order valence-electron chi connectivity index (χ0n) is 17.9. The van der Waals surface area contributed by atoms with Crippen molar-refractivity contribution in [3.05, 3.63) is 64.8 Å². The molecule has 0 spiro atoms. The minimum atomic E-state index is -4.66. The summed E-state index contributed by atoms with van der Waals surface area (Å²) in [5, 5.41) is 14.3. The third kappa shape index (κ3) is 5.93. The van der Waals surface area contributed by atoms with Crippen molar-refractivity contribution in [2.45, 2.75) is 55.1 Å². The summed E-state index contributed by atoms with van der Waals surface area (Å²) in [6.07, 6.45) is -3.18. The Hall–Kier alpha value is -2.88. The van der Waals surface area contributed by atoms with Gasteiger partial charge in [-0.05, 0) is 43.0 Å². The Bertz CT molecular complexity index is 1080. The van der Waals surface area contributed by atoms with Gasteiger partial charge in [-0.15, -0.1) is 0 Å². The molecule has 3 rings (SSSR count). The Labute approximate surface area is 192 Å². The van der Waals surface area contributed by atoms with Gasteiger partial charge in [0.25, 0.3) is 0 Å². The Morgan fingerprint density at radius 3 is 2.48 bits per heavy atom. The topological polar surface area (TPSA) is 71.8 Å². The van der Waals surface area contributed by atoms with Gasteiger partial charge in [0.1, 0.15) is 17.4 Å². The monoisotopic (exact) mass is 482 g/mol. The first-order valence-corrected chi connectivity index (χ1v) is 11.1. The maximum Gasteiger partial charge on any atom is 0.417 e. The Morgan fingerprint density at radius 1 is 1.24 bits per heavy atom. The molecule has 1 aliphatic rings. The number of rotatable bonds is 7. The van der Waals surface area contributed by atoms with Crippen LogP contribution in [0.3, 0.4) is 0 Å². The number of carbonyl (C=O) groups is 1. The molecule has 0 saturated carbocycles. The number of oxime groups is 1. The van der Waals surface area contributed by atoms with Crippen LogP contribution in [-0.4, -0.2) is 28.2 Å². The molecule has 0 radical (unpaired) electrons. The first kappa shape index (κ1) is 24.8. The number of halogens is 4. The highest BCUT2D eigenvalue weighted by atomic mass is 32.2. The molecule has 0 fully saturated rings. The van der Waals surface area contributed by atoms with Crippen molar-refractivity contribution in [3.8, 4) is 0 Å². The summed E-state index contributed by atoms with van der Waals surface area (Å²) in [6.45, 7) is 3.95. The molecule has 1 heterocycles. The van der Waals surface area contributed by atoms with E-state index in [9.17, 15) is 27.5 Å². The maximum atomic E-state index is 14.1. The van der Waals surface area contributed by atoms with Gasteiger partial charge in [-0.3, -0.25) is 4.79 Å². The fourth-order valence-corrected chi connectivity index (χ4v) is 4.22. The molecule has 1 atom stereocenters. The molecular formula is C23H22F4N2O3S. The number of ketones is 1. The highest BCUT2D eigenvalue weighted by Gasteiger charge is 2.32. The van der Waals surface area contributed by atoms with Crippen molar-refractivity contribution in [2.24, 2.45) is 5.16 Å². The number of carbonyl (C=O) groups excluding carboxylic acids is 1. The van der Waals surface area contributed by atoms with Crippen molar-refractivity contribution in [1.82, 2.24) is 4.98 Å². The fraction of sp³-hybridized carbons (Fsp3) is 0.348. The van der Waals surface area contributed by atoms with Crippen LogP contribution in [0.25, 0.3) is 0 Å². The Morgan fingerprint density at radius 2 is 1.94 bits per heavy atom. The van der Waals surface area contributed by atoms with Crippen LogP contribution >= 0.6 is 11.8 Å². The smallest absolute Gasteiger partial charge is 0.417 e. The van der Waals surface area contributed by atoms with Gasteiger partial charge in [0.05, 0.1) is 16.8 Å². The van der Waals surface area contributed by atoms with Crippen molar-refractivity contribution in [3.63, 3.8) is 0 Å². The molecule has 0 saturated heterocycles. The molecule has 1 aliphatic carbocycles. The van der Waals surface area contributed by atoms with E-state index in [0.29, 0.717) is 35.9 Å². The number of Topliss-reactive ketones (excluding diaryl/α,β-unsaturated/α-hetero) is 1. The van der Waals surface area contributed by atoms with E-state index in [1.54, 1.807) is 31.2 Å². The van der Waals surface area contributed by atoms with Crippen LogP contribution < -0.4 is 0 Å². The van der Waals surface area contributed by atoms with Crippen molar-refractivity contribution in [2.75, 3.05) is 6.61 Å². The quantitative estimate of drug-likeness (QED) is 0.279. The van der Waals surface area contributed by atoms with Crippen molar-refractivity contribution >= 4 is 23.3 Å². The van der Waals surface area contributed by atoms with Gasteiger partial charge in [-0.25, -0.2) is 9.37 Å². The summed E-state index contributed by atoms with van der Waals surface area (Å²) in [4.78, 5) is 21.9. The molecule has 0 bridgehead atoms. The van der Waals surface area contributed by atoms with Crippen LogP contribution in [0.2, 0.25) is 0 Å². The third-order valence-electron chi connectivity index (χ3n) is 5.07. The Kier molecular flexibility index (Phi) is 7.78. The molecule has 1 unspecified atom stereocenters. The molecule has 5 nitrogen and oxygen atoms in total. The zero-order chi connectivity index (χ0) is 24.2. The molecular weight excluding hydrogens is 460 g/mol. The SMILES string of the molecule is CCON=C(CC)C1=C(O)CC(c2ccc(Sc3ncc(C(F)(F)F)cc3F)cc2)CC1=O. The summed E-state index contributed by atoms with van der Waals surface area (Å²) in [6, 6.07) is 7.26. The highest BCUT2D eigenvalue weighted by molar-refractivity contribution is 7.99. The summed E-state index contributed by atoms with van der Waals surface area (Å²) in [5.74, 6) is -1.56. The lowest BCUT2D eigenvalue weighted by Crippen LogP contribution is -2.23. The lowest BCUT2D eigenvalue weighted by Gasteiger charge is -2.24. The van der Waals surface area contributed by atoms with Crippen LogP contribution in [0.15, 0.2) is 62.9 Å². The van der Waals surface area contributed by atoms with Gasteiger partial charge in [-0.1, -0.05) is 36.0 Å². The number of alkyl halides is 3. The Balaban J connectivity index is 1.74. The number of aromatic nitrogens is 1. The summed E-state index contributed by atoms with van der Waals surface area (Å²) >= 11 is 0.896. The lowest BCUT2D eigenvalue weighted by atomic mass is 9.81. The van der Waals surface area contributed by atoms with E-state index in [1.807, 2.05) is 6.92 Å². The van der Waals surface area contributed by atoms with E-state index in [1.165, 1.54) is 0 Å². The first-order chi connectivity index (χ1) is 15.6. The van der Waals surface area contributed by atoms with Gasteiger partial charge < -0.3 is 9.94 Å². The van der Waals surface area contributed by atoms with E-state index >= 15 is 0 Å². The number of aliphatic hydroxyl groups excluding tert-OH is 1. The first-order valence-electron chi connectivity index (χ1n) is 10.3. The number of pyridine rings is 1. The second-order valence-electron chi connectivity index (χ2n) is 7.34. The molecule has 1 N–H and O–H groups in total. The van der Waals surface area contributed by atoms with Crippen LogP contribution in [-0.2, 0) is 15.8 Å². The van der Waals surface area contributed by atoms with E-state index in [2.05, 4.69) is 10.1 Å². The second kappa shape index (κ2) is 10.4.